The fraction of sp³-hybridized carbons (Fsp3) is 0.533. The molecule has 0 radical (unpaired) electrons. The maximum absolute atomic E-state index is 11.5. The van der Waals surface area contributed by atoms with Crippen LogP contribution in [0, 0.1) is 0 Å². The Balaban J connectivity index is 2.80. The molecule has 0 heterocycles. The third-order valence-corrected chi connectivity index (χ3v) is 3.55. The van der Waals surface area contributed by atoms with Crippen LogP contribution in [0.15, 0.2) is 24.3 Å². The Kier molecular flexibility index (Phi) is 5.98. The van der Waals surface area contributed by atoms with Crippen LogP contribution in [-0.2, 0) is 14.9 Å². The number of hydrogen-bond donors (Lipinski definition) is 2. The van der Waals surface area contributed by atoms with Crippen molar-refractivity contribution >= 4 is 5.91 Å². The van der Waals surface area contributed by atoms with Crippen LogP contribution < -0.4 is 16.0 Å². The zero-order valence-corrected chi connectivity index (χ0v) is 12.6. The van der Waals surface area contributed by atoms with E-state index in [9.17, 15) is 4.79 Å². The Morgan fingerprint density at radius 3 is 2.40 bits per heavy atom. The minimum Gasteiger partial charge on any atom is -0.478 e. The van der Waals surface area contributed by atoms with Crippen LogP contribution in [0.1, 0.15) is 32.8 Å². The first kappa shape index (κ1) is 16.5. The van der Waals surface area contributed by atoms with E-state index in [-0.39, 0.29) is 12.0 Å². The molecule has 0 aliphatic carbocycles. The van der Waals surface area contributed by atoms with Crippen molar-refractivity contribution in [2.24, 2.45) is 5.84 Å². The van der Waals surface area contributed by atoms with Gasteiger partial charge in [0, 0.05) is 7.11 Å². The second-order valence-corrected chi connectivity index (χ2v) is 5.33. The van der Waals surface area contributed by atoms with Crippen LogP contribution >= 0.6 is 0 Å². The van der Waals surface area contributed by atoms with Crippen molar-refractivity contribution in [3.8, 4) is 5.75 Å². The number of nitrogens with two attached hydrogens (primary N) is 1. The number of carbonyl (C=O) groups excluding carboxylic acids is 1. The average molecular weight is 280 g/mol. The molecule has 0 spiro atoms. The molecule has 0 aliphatic rings. The molecule has 1 atom stereocenters. The Bertz CT molecular complexity index is 429. The number of hydrazine groups is 1. The Morgan fingerprint density at radius 2 is 1.95 bits per heavy atom. The average Bonchev–Trinajstić information content (AvgIpc) is 2.46. The van der Waals surface area contributed by atoms with Gasteiger partial charge in [-0.2, -0.15) is 0 Å². The maximum atomic E-state index is 11.5. The number of nitrogens with one attached hydrogen (secondary N) is 1. The fourth-order valence-electron chi connectivity index (χ4n) is 1.76. The summed E-state index contributed by atoms with van der Waals surface area (Å²) < 4.78 is 10.5. The minimum absolute atomic E-state index is 0.124. The molecule has 0 aliphatic heterocycles. The molecule has 0 saturated heterocycles. The summed E-state index contributed by atoms with van der Waals surface area (Å²) in [5, 5.41) is 0. The lowest BCUT2D eigenvalue weighted by Gasteiger charge is -2.24. The zero-order chi connectivity index (χ0) is 15.2. The number of methoxy groups -OCH3 is 1. The number of amides is 1. The van der Waals surface area contributed by atoms with Gasteiger partial charge in [-0.25, -0.2) is 5.84 Å². The summed E-state index contributed by atoms with van der Waals surface area (Å²) in [5.41, 5.74) is 3.43. The third-order valence-electron chi connectivity index (χ3n) is 3.55. The molecular formula is C15H24N2O3. The summed E-state index contributed by atoms with van der Waals surface area (Å²) >= 11 is 0. The van der Waals surface area contributed by atoms with E-state index in [0.29, 0.717) is 5.75 Å². The van der Waals surface area contributed by atoms with Gasteiger partial charge in [-0.1, -0.05) is 32.9 Å². The van der Waals surface area contributed by atoms with Crippen LogP contribution in [0.3, 0.4) is 0 Å². The molecule has 1 unspecified atom stereocenters. The Hall–Kier alpha value is -1.59. The fourth-order valence-corrected chi connectivity index (χ4v) is 1.76. The molecule has 3 N–H and O–H groups in total. The summed E-state index contributed by atoms with van der Waals surface area (Å²) in [6.45, 7) is 6.69. The molecule has 0 bridgehead atoms. The molecule has 1 rings (SSSR count). The van der Waals surface area contributed by atoms with Crippen molar-refractivity contribution in [2.75, 3.05) is 13.7 Å². The molecule has 1 aromatic rings. The van der Waals surface area contributed by atoms with Gasteiger partial charge in [0.15, 0.2) is 0 Å². The smallest absolute Gasteiger partial charge is 0.277 e. The third kappa shape index (κ3) is 4.21. The summed E-state index contributed by atoms with van der Waals surface area (Å²) in [7, 11) is 1.51. The van der Waals surface area contributed by atoms with E-state index in [2.05, 4.69) is 26.2 Å². The largest absolute Gasteiger partial charge is 0.478 e. The number of rotatable bonds is 7. The summed E-state index contributed by atoms with van der Waals surface area (Å²) in [6, 6.07) is 7.75. The topological polar surface area (TPSA) is 73.6 Å². The molecule has 1 amide bonds. The molecule has 0 aromatic heterocycles. The van der Waals surface area contributed by atoms with Gasteiger partial charge < -0.3 is 9.47 Å². The van der Waals surface area contributed by atoms with Crippen molar-refractivity contribution in [1.82, 2.24) is 5.43 Å². The SMILES string of the molecule is CCC(C)(C)c1ccc(OC(COC)C(=O)NN)cc1. The van der Waals surface area contributed by atoms with Gasteiger partial charge in [-0.05, 0) is 29.5 Å². The first-order chi connectivity index (χ1) is 9.44. The van der Waals surface area contributed by atoms with E-state index in [4.69, 9.17) is 15.3 Å². The highest BCUT2D eigenvalue weighted by atomic mass is 16.5. The Morgan fingerprint density at radius 1 is 1.35 bits per heavy atom. The lowest BCUT2D eigenvalue weighted by Crippen LogP contribution is -2.44. The quantitative estimate of drug-likeness (QED) is 0.453. The van der Waals surface area contributed by atoms with E-state index in [1.165, 1.54) is 12.7 Å². The summed E-state index contributed by atoms with van der Waals surface area (Å²) in [6.07, 6.45) is 0.296. The minimum atomic E-state index is -0.755. The number of hydrogen-bond acceptors (Lipinski definition) is 4. The molecule has 5 nitrogen and oxygen atoms in total. The van der Waals surface area contributed by atoms with Gasteiger partial charge >= 0.3 is 0 Å². The monoisotopic (exact) mass is 280 g/mol. The van der Waals surface area contributed by atoms with E-state index in [0.717, 1.165) is 6.42 Å². The first-order valence-corrected chi connectivity index (χ1v) is 6.71. The van der Waals surface area contributed by atoms with Gasteiger partial charge in [0.1, 0.15) is 5.75 Å². The van der Waals surface area contributed by atoms with Gasteiger partial charge in [0.05, 0.1) is 6.61 Å². The van der Waals surface area contributed by atoms with E-state index in [1.807, 2.05) is 24.3 Å². The van der Waals surface area contributed by atoms with Crippen LogP contribution in [0.5, 0.6) is 5.75 Å². The van der Waals surface area contributed by atoms with Crippen molar-refractivity contribution in [3.63, 3.8) is 0 Å². The highest BCUT2D eigenvalue weighted by Gasteiger charge is 2.21. The first-order valence-electron chi connectivity index (χ1n) is 6.71. The van der Waals surface area contributed by atoms with Crippen LogP contribution in [0.2, 0.25) is 0 Å². The molecule has 1 aromatic carbocycles. The number of carbonyl (C=O) groups is 1. The van der Waals surface area contributed by atoms with Gasteiger partial charge in [-0.15, -0.1) is 0 Å². The van der Waals surface area contributed by atoms with Crippen molar-refractivity contribution in [1.29, 1.82) is 0 Å². The zero-order valence-electron chi connectivity index (χ0n) is 12.6. The van der Waals surface area contributed by atoms with E-state index < -0.39 is 12.0 Å². The van der Waals surface area contributed by atoms with Crippen molar-refractivity contribution in [3.05, 3.63) is 29.8 Å². The normalized spacial score (nSPS) is 12.8. The second kappa shape index (κ2) is 7.26. The predicted molar refractivity (Wildman–Crippen MR) is 78.4 cm³/mol. The van der Waals surface area contributed by atoms with Crippen LogP contribution in [0.4, 0.5) is 0 Å². The molecule has 20 heavy (non-hydrogen) atoms. The van der Waals surface area contributed by atoms with E-state index >= 15 is 0 Å². The van der Waals surface area contributed by atoms with E-state index in [1.54, 1.807) is 0 Å². The second-order valence-electron chi connectivity index (χ2n) is 5.33. The van der Waals surface area contributed by atoms with Crippen molar-refractivity contribution < 1.29 is 14.3 Å². The molecule has 0 fully saturated rings. The maximum Gasteiger partial charge on any atom is 0.277 e. The lowest BCUT2D eigenvalue weighted by molar-refractivity contribution is -0.130. The predicted octanol–water partition coefficient (Wildman–Crippen LogP) is 1.76. The highest BCUT2D eigenvalue weighted by Crippen LogP contribution is 2.28. The van der Waals surface area contributed by atoms with Crippen molar-refractivity contribution in [2.45, 2.75) is 38.7 Å². The number of benzene rings is 1. The Labute approximate surface area is 120 Å². The summed E-state index contributed by atoms with van der Waals surface area (Å²) in [5.74, 6) is 5.33. The molecular weight excluding hydrogens is 256 g/mol. The molecule has 0 saturated carbocycles. The number of ether oxygens (including phenoxy) is 2. The highest BCUT2D eigenvalue weighted by molar-refractivity contribution is 5.80. The van der Waals surface area contributed by atoms with Gasteiger partial charge in [-0.3, -0.25) is 10.2 Å². The molecule has 112 valence electrons. The lowest BCUT2D eigenvalue weighted by atomic mass is 9.82. The molecule has 5 heteroatoms. The van der Waals surface area contributed by atoms with Crippen LogP contribution in [0.25, 0.3) is 0 Å². The van der Waals surface area contributed by atoms with Gasteiger partial charge in [0.2, 0.25) is 6.10 Å². The summed E-state index contributed by atoms with van der Waals surface area (Å²) in [4.78, 5) is 11.5. The van der Waals surface area contributed by atoms with Gasteiger partial charge in [0.25, 0.3) is 5.91 Å². The van der Waals surface area contributed by atoms with Crippen LogP contribution in [-0.4, -0.2) is 25.7 Å². The standard InChI is InChI=1S/C15H24N2O3/c1-5-15(2,3)11-6-8-12(9-7-11)20-13(10-19-4)14(18)17-16/h6-9,13H,5,10,16H2,1-4H3,(H,17,18).